The number of pyridine rings is 1. The SMILES string of the molecule is CN(C[C@@H]1CCCO1)C(=O)c1ccnc(C(=O)O)c1. The van der Waals surface area contributed by atoms with Gasteiger partial charge in [0.25, 0.3) is 5.91 Å². The molecule has 6 nitrogen and oxygen atoms in total. The second-order valence-electron chi connectivity index (χ2n) is 4.56. The number of carboxylic acid groups (broad SMARTS) is 1. The number of hydrogen-bond donors (Lipinski definition) is 1. The van der Waals surface area contributed by atoms with Gasteiger partial charge in [-0.25, -0.2) is 9.78 Å². The van der Waals surface area contributed by atoms with Crippen molar-refractivity contribution in [3.05, 3.63) is 29.6 Å². The van der Waals surface area contributed by atoms with Crippen molar-refractivity contribution in [3.8, 4) is 0 Å². The summed E-state index contributed by atoms with van der Waals surface area (Å²) in [5, 5.41) is 8.85. The van der Waals surface area contributed by atoms with Crippen molar-refractivity contribution in [2.75, 3.05) is 20.2 Å². The van der Waals surface area contributed by atoms with Crippen LogP contribution in [0.1, 0.15) is 33.7 Å². The van der Waals surface area contributed by atoms with Crippen molar-refractivity contribution in [1.29, 1.82) is 0 Å². The van der Waals surface area contributed by atoms with E-state index in [4.69, 9.17) is 9.84 Å². The van der Waals surface area contributed by atoms with E-state index < -0.39 is 5.97 Å². The molecule has 0 aliphatic carbocycles. The number of carboxylic acids is 1. The summed E-state index contributed by atoms with van der Waals surface area (Å²) in [5.74, 6) is -1.36. The summed E-state index contributed by atoms with van der Waals surface area (Å²) in [6, 6.07) is 2.80. The Morgan fingerprint density at radius 1 is 1.58 bits per heavy atom. The minimum absolute atomic E-state index is 0.0785. The highest BCUT2D eigenvalue weighted by molar-refractivity contribution is 5.96. The average Bonchev–Trinajstić information content (AvgIpc) is 2.90. The molecular weight excluding hydrogens is 248 g/mol. The van der Waals surface area contributed by atoms with Crippen LogP contribution in [-0.4, -0.2) is 53.2 Å². The Labute approximate surface area is 111 Å². The van der Waals surface area contributed by atoms with Gasteiger partial charge in [-0.3, -0.25) is 4.79 Å². The molecule has 0 saturated carbocycles. The minimum atomic E-state index is -1.14. The van der Waals surface area contributed by atoms with Crippen LogP contribution in [0.5, 0.6) is 0 Å². The molecule has 0 radical (unpaired) electrons. The van der Waals surface area contributed by atoms with Crippen molar-refractivity contribution in [3.63, 3.8) is 0 Å². The number of nitrogens with zero attached hydrogens (tertiary/aromatic N) is 2. The molecule has 1 aliphatic heterocycles. The number of ether oxygens (including phenoxy) is 1. The van der Waals surface area contributed by atoms with Gasteiger partial charge in [-0.1, -0.05) is 0 Å². The second-order valence-corrected chi connectivity index (χ2v) is 4.56. The second kappa shape index (κ2) is 5.79. The lowest BCUT2D eigenvalue weighted by molar-refractivity contribution is 0.0587. The molecule has 1 aromatic rings. The highest BCUT2D eigenvalue weighted by Gasteiger charge is 2.21. The van der Waals surface area contributed by atoms with Gasteiger partial charge >= 0.3 is 5.97 Å². The van der Waals surface area contributed by atoms with Gasteiger partial charge in [-0.15, -0.1) is 0 Å². The van der Waals surface area contributed by atoms with Gasteiger partial charge < -0.3 is 14.7 Å². The van der Waals surface area contributed by atoms with E-state index in [0.717, 1.165) is 19.4 Å². The Kier molecular flexibility index (Phi) is 4.11. The Hall–Kier alpha value is -1.95. The minimum Gasteiger partial charge on any atom is -0.477 e. The summed E-state index contributed by atoms with van der Waals surface area (Å²) in [7, 11) is 1.69. The highest BCUT2D eigenvalue weighted by Crippen LogP contribution is 2.14. The fourth-order valence-electron chi connectivity index (χ4n) is 2.08. The summed E-state index contributed by atoms with van der Waals surface area (Å²) in [4.78, 5) is 28.2. The number of aromatic carboxylic acids is 1. The van der Waals surface area contributed by atoms with Gasteiger partial charge in [0.2, 0.25) is 0 Å². The molecule has 2 rings (SSSR count). The molecule has 0 unspecified atom stereocenters. The zero-order valence-corrected chi connectivity index (χ0v) is 10.7. The van der Waals surface area contributed by atoms with E-state index in [1.807, 2.05) is 0 Å². The van der Waals surface area contributed by atoms with Crippen molar-refractivity contribution in [2.24, 2.45) is 0 Å². The molecule has 0 spiro atoms. The van der Waals surface area contributed by atoms with Crippen LogP contribution in [0.3, 0.4) is 0 Å². The van der Waals surface area contributed by atoms with Crippen LogP contribution in [0.25, 0.3) is 0 Å². The number of carbonyl (C=O) groups excluding carboxylic acids is 1. The molecule has 1 aliphatic rings. The van der Waals surface area contributed by atoms with Crippen molar-refractivity contribution >= 4 is 11.9 Å². The highest BCUT2D eigenvalue weighted by atomic mass is 16.5. The zero-order chi connectivity index (χ0) is 13.8. The molecule has 0 bridgehead atoms. The number of hydrogen-bond acceptors (Lipinski definition) is 4. The summed E-state index contributed by atoms with van der Waals surface area (Å²) in [5.41, 5.74) is 0.198. The summed E-state index contributed by atoms with van der Waals surface area (Å²) < 4.78 is 5.47. The normalized spacial score (nSPS) is 18.3. The maximum absolute atomic E-state index is 12.2. The lowest BCUT2D eigenvalue weighted by Crippen LogP contribution is -2.34. The van der Waals surface area contributed by atoms with Crippen LogP contribution < -0.4 is 0 Å². The first kappa shape index (κ1) is 13.5. The molecule has 1 atom stereocenters. The van der Waals surface area contributed by atoms with Crippen molar-refractivity contribution in [1.82, 2.24) is 9.88 Å². The number of amides is 1. The number of likely N-dealkylation sites (N-methyl/N-ethyl adjacent to an activating group) is 1. The fraction of sp³-hybridized carbons (Fsp3) is 0.462. The Balaban J connectivity index is 2.05. The molecule has 2 heterocycles. The molecule has 102 valence electrons. The maximum atomic E-state index is 12.2. The third-order valence-corrected chi connectivity index (χ3v) is 3.07. The van der Waals surface area contributed by atoms with Crippen molar-refractivity contribution < 1.29 is 19.4 Å². The van der Waals surface area contributed by atoms with Gasteiger partial charge in [0.15, 0.2) is 0 Å². The molecule has 1 saturated heterocycles. The molecule has 1 amide bonds. The Morgan fingerprint density at radius 2 is 2.37 bits per heavy atom. The van der Waals surface area contributed by atoms with E-state index >= 15 is 0 Å². The standard InChI is InChI=1S/C13H16N2O4/c1-15(8-10-3-2-6-19-10)12(16)9-4-5-14-11(7-9)13(17)18/h4-5,7,10H,2-3,6,8H2,1H3,(H,17,18)/t10-/m0/s1. The van der Waals surface area contributed by atoms with E-state index in [-0.39, 0.29) is 17.7 Å². The summed E-state index contributed by atoms with van der Waals surface area (Å²) in [6.07, 6.45) is 3.38. The lowest BCUT2D eigenvalue weighted by atomic mass is 10.2. The van der Waals surface area contributed by atoms with Crippen LogP contribution in [-0.2, 0) is 4.74 Å². The Bertz CT molecular complexity index is 483. The predicted octanol–water partition coefficient (Wildman–Crippen LogP) is 1.03. The molecule has 1 N–H and O–H groups in total. The maximum Gasteiger partial charge on any atom is 0.354 e. The van der Waals surface area contributed by atoms with Crippen molar-refractivity contribution in [2.45, 2.75) is 18.9 Å². The van der Waals surface area contributed by atoms with Gasteiger partial charge in [0.1, 0.15) is 5.69 Å². The topological polar surface area (TPSA) is 79.7 Å². The number of carbonyl (C=O) groups is 2. The number of rotatable bonds is 4. The molecule has 1 fully saturated rings. The van der Waals surface area contributed by atoms with Gasteiger partial charge in [-0.2, -0.15) is 0 Å². The van der Waals surface area contributed by atoms with E-state index in [9.17, 15) is 9.59 Å². The molecular formula is C13H16N2O4. The summed E-state index contributed by atoms with van der Waals surface area (Å²) >= 11 is 0. The monoisotopic (exact) mass is 264 g/mol. The third-order valence-electron chi connectivity index (χ3n) is 3.07. The largest absolute Gasteiger partial charge is 0.477 e. The lowest BCUT2D eigenvalue weighted by Gasteiger charge is -2.20. The first-order valence-electron chi connectivity index (χ1n) is 6.14. The third kappa shape index (κ3) is 3.29. The smallest absolute Gasteiger partial charge is 0.354 e. The van der Waals surface area contributed by atoms with Crippen LogP contribution in [0.4, 0.5) is 0 Å². The van der Waals surface area contributed by atoms with E-state index in [1.54, 1.807) is 11.9 Å². The Morgan fingerprint density at radius 3 is 3.00 bits per heavy atom. The summed E-state index contributed by atoms with van der Waals surface area (Å²) in [6.45, 7) is 1.26. The quantitative estimate of drug-likeness (QED) is 0.878. The van der Waals surface area contributed by atoms with Crippen LogP contribution in [0, 0.1) is 0 Å². The number of aromatic nitrogens is 1. The van der Waals surface area contributed by atoms with Gasteiger partial charge in [0.05, 0.1) is 6.10 Å². The fourth-order valence-corrected chi connectivity index (χ4v) is 2.08. The first-order chi connectivity index (χ1) is 9.08. The van der Waals surface area contributed by atoms with Gasteiger partial charge in [-0.05, 0) is 25.0 Å². The average molecular weight is 264 g/mol. The molecule has 6 heteroatoms. The van der Waals surface area contributed by atoms with E-state index in [0.29, 0.717) is 12.1 Å². The predicted molar refractivity (Wildman–Crippen MR) is 67.1 cm³/mol. The zero-order valence-electron chi connectivity index (χ0n) is 10.7. The van der Waals surface area contributed by atoms with E-state index in [2.05, 4.69) is 4.98 Å². The first-order valence-corrected chi connectivity index (χ1v) is 6.14. The molecule has 19 heavy (non-hydrogen) atoms. The van der Waals surface area contributed by atoms with Gasteiger partial charge in [0, 0.05) is 32.0 Å². The molecule has 0 aromatic carbocycles. The van der Waals surface area contributed by atoms with E-state index in [1.165, 1.54) is 18.3 Å². The van der Waals surface area contributed by atoms with Crippen LogP contribution in [0.2, 0.25) is 0 Å². The van der Waals surface area contributed by atoms with Crippen LogP contribution in [0.15, 0.2) is 18.3 Å². The molecule has 1 aromatic heterocycles. The van der Waals surface area contributed by atoms with Crippen LogP contribution >= 0.6 is 0 Å².